The molecule has 0 bridgehead atoms. The van der Waals surface area contributed by atoms with Crippen LogP contribution in [0, 0.1) is 12.3 Å². The van der Waals surface area contributed by atoms with Crippen LogP contribution in [0.25, 0.3) is 10.8 Å². The molecule has 0 saturated heterocycles. The van der Waals surface area contributed by atoms with E-state index in [0.717, 1.165) is 17.7 Å². The normalized spacial score (nSPS) is 12.1. The van der Waals surface area contributed by atoms with Crippen molar-refractivity contribution in [2.45, 2.75) is 12.5 Å². The van der Waals surface area contributed by atoms with E-state index in [4.69, 9.17) is 16.9 Å². The maximum Gasteiger partial charge on any atom is 0.119 e. The highest BCUT2D eigenvalue weighted by Gasteiger charge is 2.09. The topological polar surface area (TPSA) is 47.3 Å². The molecule has 2 aromatic carbocycles. The molecule has 0 spiro atoms. The van der Waals surface area contributed by atoms with Crippen molar-refractivity contribution < 1.29 is 4.74 Å². The predicted octanol–water partition coefficient (Wildman–Crippen LogP) is 2.46. The van der Waals surface area contributed by atoms with Crippen LogP contribution in [0.1, 0.15) is 18.0 Å². The van der Waals surface area contributed by atoms with Gasteiger partial charge in [-0.2, -0.15) is 0 Å². The molecule has 0 aliphatic rings. The zero-order chi connectivity index (χ0) is 14.4. The number of ether oxygens (including phenoxy) is 1. The molecule has 0 radical (unpaired) electrons. The van der Waals surface area contributed by atoms with Gasteiger partial charge in [0.1, 0.15) is 5.75 Å². The van der Waals surface area contributed by atoms with Gasteiger partial charge in [-0.1, -0.05) is 18.2 Å². The molecule has 0 saturated carbocycles. The third-order valence-electron chi connectivity index (χ3n) is 3.37. The lowest BCUT2D eigenvalue weighted by atomic mass is 10.0. The van der Waals surface area contributed by atoms with Crippen LogP contribution in [0.15, 0.2) is 36.4 Å². The average molecular weight is 268 g/mol. The van der Waals surface area contributed by atoms with Crippen molar-refractivity contribution in [1.82, 2.24) is 5.32 Å². The van der Waals surface area contributed by atoms with Crippen molar-refractivity contribution >= 4 is 10.8 Å². The van der Waals surface area contributed by atoms with Gasteiger partial charge in [-0.05, 0) is 34.5 Å². The van der Waals surface area contributed by atoms with Crippen molar-refractivity contribution in [3.63, 3.8) is 0 Å². The van der Waals surface area contributed by atoms with Crippen LogP contribution < -0.4 is 15.8 Å². The maximum absolute atomic E-state index is 5.84. The molecule has 2 rings (SSSR count). The van der Waals surface area contributed by atoms with Gasteiger partial charge in [-0.25, -0.2) is 0 Å². The van der Waals surface area contributed by atoms with Gasteiger partial charge in [-0.15, -0.1) is 12.3 Å². The van der Waals surface area contributed by atoms with Gasteiger partial charge in [0.05, 0.1) is 7.11 Å². The number of hydrogen-bond acceptors (Lipinski definition) is 3. The van der Waals surface area contributed by atoms with Gasteiger partial charge in [0.2, 0.25) is 0 Å². The molecule has 0 aromatic heterocycles. The zero-order valence-electron chi connectivity index (χ0n) is 11.7. The van der Waals surface area contributed by atoms with E-state index in [-0.39, 0.29) is 6.04 Å². The maximum atomic E-state index is 5.84. The Morgan fingerprint density at radius 2 is 2.00 bits per heavy atom. The van der Waals surface area contributed by atoms with Crippen molar-refractivity contribution in [1.29, 1.82) is 0 Å². The minimum Gasteiger partial charge on any atom is -0.497 e. The van der Waals surface area contributed by atoms with Crippen LogP contribution >= 0.6 is 0 Å². The van der Waals surface area contributed by atoms with Crippen LogP contribution in [0.3, 0.4) is 0 Å². The molecule has 2 aromatic rings. The third-order valence-corrected chi connectivity index (χ3v) is 3.37. The number of rotatable bonds is 6. The summed E-state index contributed by atoms with van der Waals surface area (Å²) < 4.78 is 5.24. The first-order valence-corrected chi connectivity index (χ1v) is 6.73. The largest absolute Gasteiger partial charge is 0.497 e. The van der Waals surface area contributed by atoms with Crippen molar-refractivity contribution in [3.05, 3.63) is 42.0 Å². The summed E-state index contributed by atoms with van der Waals surface area (Å²) in [7, 11) is 1.68. The average Bonchev–Trinajstić information content (AvgIpc) is 2.50. The molecule has 0 aliphatic heterocycles. The second kappa shape index (κ2) is 6.95. The minimum absolute atomic E-state index is 0.134. The first-order valence-electron chi connectivity index (χ1n) is 6.73. The summed E-state index contributed by atoms with van der Waals surface area (Å²) >= 11 is 0. The van der Waals surface area contributed by atoms with Crippen LogP contribution in [-0.4, -0.2) is 20.2 Å². The molecular weight excluding hydrogens is 248 g/mol. The SMILES string of the molecule is C#CCCNC(CN)c1ccc2cc(OC)ccc2c1. The molecule has 0 aliphatic carbocycles. The Bertz CT molecular complexity index is 616. The van der Waals surface area contributed by atoms with Crippen LogP contribution in [0.4, 0.5) is 0 Å². The Morgan fingerprint density at radius 1 is 1.25 bits per heavy atom. The highest BCUT2D eigenvalue weighted by molar-refractivity contribution is 5.84. The monoisotopic (exact) mass is 268 g/mol. The Kier molecular flexibility index (Phi) is 5.00. The fraction of sp³-hybridized carbons (Fsp3) is 0.294. The molecule has 3 N–H and O–H groups in total. The summed E-state index contributed by atoms with van der Waals surface area (Å²) in [4.78, 5) is 0. The molecule has 0 amide bonds. The van der Waals surface area contributed by atoms with Gasteiger partial charge in [0.25, 0.3) is 0 Å². The lowest BCUT2D eigenvalue weighted by Gasteiger charge is -2.17. The van der Waals surface area contributed by atoms with Gasteiger partial charge >= 0.3 is 0 Å². The van der Waals surface area contributed by atoms with Crippen LogP contribution in [-0.2, 0) is 0 Å². The Hall–Kier alpha value is -2.02. The smallest absolute Gasteiger partial charge is 0.119 e. The third kappa shape index (κ3) is 3.30. The Morgan fingerprint density at radius 3 is 2.70 bits per heavy atom. The van der Waals surface area contributed by atoms with E-state index in [1.807, 2.05) is 12.1 Å². The molecule has 0 fully saturated rings. The fourth-order valence-electron chi connectivity index (χ4n) is 2.24. The predicted molar refractivity (Wildman–Crippen MR) is 83.7 cm³/mol. The second-order valence-electron chi connectivity index (χ2n) is 4.67. The molecule has 3 heteroatoms. The number of methoxy groups -OCH3 is 1. The lowest BCUT2D eigenvalue weighted by molar-refractivity contribution is 0.415. The van der Waals surface area contributed by atoms with Crippen molar-refractivity contribution in [2.24, 2.45) is 5.73 Å². The molecule has 0 heterocycles. The number of terminal acetylenes is 1. The van der Waals surface area contributed by atoms with E-state index >= 15 is 0 Å². The van der Waals surface area contributed by atoms with Gasteiger partial charge in [-0.3, -0.25) is 0 Å². The van der Waals surface area contributed by atoms with Gasteiger partial charge in [0, 0.05) is 25.6 Å². The van der Waals surface area contributed by atoms with E-state index in [2.05, 4.69) is 35.5 Å². The van der Waals surface area contributed by atoms with Gasteiger partial charge < -0.3 is 15.8 Å². The number of nitrogens with one attached hydrogen (secondary N) is 1. The molecular formula is C17H20N2O. The molecule has 20 heavy (non-hydrogen) atoms. The van der Waals surface area contributed by atoms with E-state index in [1.54, 1.807) is 7.11 Å². The highest BCUT2D eigenvalue weighted by Crippen LogP contribution is 2.24. The van der Waals surface area contributed by atoms with Gasteiger partial charge in [0.15, 0.2) is 0 Å². The number of hydrogen-bond donors (Lipinski definition) is 2. The van der Waals surface area contributed by atoms with Crippen molar-refractivity contribution in [2.75, 3.05) is 20.2 Å². The second-order valence-corrected chi connectivity index (χ2v) is 4.67. The quantitative estimate of drug-likeness (QED) is 0.625. The fourth-order valence-corrected chi connectivity index (χ4v) is 2.24. The van der Waals surface area contributed by atoms with E-state index < -0.39 is 0 Å². The number of fused-ring (bicyclic) bond motifs is 1. The number of nitrogens with two attached hydrogens (primary N) is 1. The molecule has 3 nitrogen and oxygen atoms in total. The molecule has 1 atom stereocenters. The first kappa shape index (κ1) is 14.4. The van der Waals surface area contributed by atoms with Crippen LogP contribution in [0.2, 0.25) is 0 Å². The van der Waals surface area contributed by atoms with Crippen molar-refractivity contribution in [3.8, 4) is 18.1 Å². The minimum atomic E-state index is 0.134. The van der Waals surface area contributed by atoms with E-state index in [9.17, 15) is 0 Å². The lowest BCUT2D eigenvalue weighted by Crippen LogP contribution is -2.28. The number of benzene rings is 2. The van der Waals surface area contributed by atoms with E-state index in [0.29, 0.717) is 13.0 Å². The Balaban J connectivity index is 2.23. The van der Waals surface area contributed by atoms with Crippen LogP contribution in [0.5, 0.6) is 5.75 Å². The summed E-state index contributed by atoms with van der Waals surface area (Å²) in [6, 6.07) is 12.6. The summed E-state index contributed by atoms with van der Waals surface area (Å²) in [5.41, 5.74) is 7.03. The standard InChI is InChI=1S/C17H20N2O/c1-3-4-9-19-17(12-18)15-6-5-14-11-16(20-2)8-7-13(14)10-15/h1,5-8,10-11,17,19H,4,9,12,18H2,2H3. The highest BCUT2D eigenvalue weighted by atomic mass is 16.5. The summed E-state index contributed by atoms with van der Waals surface area (Å²) in [5, 5.41) is 5.72. The summed E-state index contributed by atoms with van der Waals surface area (Å²) in [6.45, 7) is 1.32. The Labute approximate surface area is 120 Å². The summed E-state index contributed by atoms with van der Waals surface area (Å²) in [5.74, 6) is 3.49. The zero-order valence-corrected chi connectivity index (χ0v) is 11.7. The first-order chi connectivity index (χ1) is 9.78. The molecule has 104 valence electrons. The molecule has 1 unspecified atom stereocenters. The van der Waals surface area contributed by atoms with E-state index in [1.165, 1.54) is 10.9 Å². The summed E-state index contributed by atoms with van der Waals surface area (Å²) in [6.07, 6.45) is 5.97.